The van der Waals surface area contributed by atoms with Crippen LogP contribution in [0.25, 0.3) is 0 Å². The fourth-order valence-electron chi connectivity index (χ4n) is 3.96. The van der Waals surface area contributed by atoms with Gasteiger partial charge in [-0.25, -0.2) is 4.79 Å². The Bertz CT molecular complexity index is 857. The monoisotopic (exact) mass is 491 g/mol. The SMILES string of the molecule is CSCCC(NC(=O)OC(C)(C)C)C(=O)N(C1CC1)C(C(=O)NC(C)C)c1cc(C)cc(C)c1. The molecular weight excluding hydrogens is 450 g/mol. The summed E-state index contributed by atoms with van der Waals surface area (Å²) in [6.45, 7) is 13.2. The molecule has 1 aromatic rings. The molecule has 3 amide bonds. The maximum atomic E-state index is 14.0. The van der Waals surface area contributed by atoms with Gasteiger partial charge < -0.3 is 20.3 Å². The van der Waals surface area contributed by atoms with Gasteiger partial charge in [-0.15, -0.1) is 0 Å². The Morgan fingerprint density at radius 3 is 2.15 bits per heavy atom. The van der Waals surface area contributed by atoms with E-state index >= 15 is 0 Å². The molecule has 2 unspecified atom stereocenters. The first-order chi connectivity index (χ1) is 15.8. The number of carbonyl (C=O) groups is 3. The predicted molar refractivity (Wildman–Crippen MR) is 138 cm³/mol. The number of ether oxygens (including phenoxy) is 1. The molecule has 1 aliphatic rings. The molecule has 0 saturated heterocycles. The minimum absolute atomic E-state index is 0.0338. The topological polar surface area (TPSA) is 87.7 Å². The highest BCUT2D eigenvalue weighted by atomic mass is 32.2. The van der Waals surface area contributed by atoms with Crippen LogP contribution in [0.1, 0.15) is 76.6 Å². The second-order valence-corrected chi connectivity index (χ2v) is 11.4. The number of amides is 3. The lowest BCUT2D eigenvalue weighted by Gasteiger charge is -2.35. The zero-order valence-electron chi connectivity index (χ0n) is 21.9. The fraction of sp³-hybridized carbons (Fsp3) is 0.654. The number of benzene rings is 1. The van der Waals surface area contributed by atoms with Crippen LogP contribution in [-0.4, -0.2) is 58.5 Å². The Kier molecular flexibility index (Phi) is 9.85. The van der Waals surface area contributed by atoms with Crippen LogP contribution < -0.4 is 10.6 Å². The number of carbonyl (C=O) groups excluding carboxylic acids is 3. The minimum atomic E-state index is -0.775. The molecule has 0 radical (unpaired) electrons. The van der Waals surface area contributed by atoms with Gasteiger partial charge in [0.25, 0.3) is 0 Å². The van der Waals surface area contributed by atoms with Gasteiger partial charge in [-0.05, 0) is 85.3 Å². The largest absolute Gasteiger partial charge is 0.444 e. The van der Waals surface area contributed by atoms with Gasteiger partial charge in [0.1, 0.15) is 17.7 Å². The third kappa shape index (κ3) is 8.53. The van der Waals surface area contributed by atoms with E-state index in [1.165, 1.54) is 0 Å². The Morgan fingerprint density at radius 1 is 1.09 bits per heavy atom. The Hall–Kier alpha value is -2.22. The molecule has 1 aliphatic carbocycles. The Morgan fingerprint density at radius 2 is 1.68 bits per heavy atom. The molecule has 190 valence electrons. The molecule has 34 heavy (non-hydrogen) atoms. The summed E-state index contributed by atoms with van der Waals surface area (Å²) in [5.41, 5.74) is 2.18. The molecule has 8 heteroatoms. The van der Waals surface area contributed by atoms with Crippen molar-refractivity contribution in [2.24, 2.45) is 0 Å². The highest BCUT2D eigenvalue weighted by molar-refractivity contribution is 7.98. The number of nitrogens with one attached hydrogen (secondary N) is 2. The highest BCUT2D eigenvalue weighted by Gasteiger charge is 2.44. The fourth-order valence-corrected chi connectivity index (χ4v) is 4.43. The number of thioether (sulfide) groups is 1. The summed E-state index contributed by atoms with van der Waals surface area (Å²) in [5.74, 6) is 0.239. The van der Waals surface area contributed by atoms with Crippen LogP contribution in [0.15, 0.2) is 18.2 Å². The van der Waals surface area contributed by atoms with E-state index < -0.39 is 23.8 Å². The minimum Gasteiger partial charge on any atom is -0.444 e. The van der Waals surface area contributed by atoms with E-state index in [4.69, 9.17) is 4.74 Å². The second kappa shape index (κ2) is 12.0. The summed E-state index contributed by atoms with van der Waals surface area (Å²) >= 11 is 1.60. The van der Waals surface area contributed by atoms with Crippen LogP contribution in [0.4, 0.5) is 4.79 Å². The van der Waals surface area contributed by atoms with Gasteiger partial charge in [0, 0.05) is 12.1 Å². The molecule has 1 fully saturated rings. The van der Waals surface area contributed by atoms with Gasteiger partial charge in [0.2, 0.25) is 11.8 Å². The number of hydrogen-bond acceptors (Lipinski definition) is 5. The van der Waals surface area contributed by atoms with Gasteiger partial charge in [-0.1, -0.05) is 29.3 Å². The van der Waals surface area contributed by atoms with E-state index in [0.29, 0.717) is 12.2 Å². The molecule has 2 atom stereocenters. The van der Waals surface area contributed by atoms with Crippen LogP contribution in [0, 0.1) is 13.8 Å². The Balaban J connectivity index is 2.45. The molecule has 0 bridgehead atoms. The lowest BCUT2D eigenvalue weighted by molar-refractivity contribution is -0.143. The van der Waals surface area contributed by atoms with Crippen molar-refractivity contribution in [2.75, 3.05) is 12.0 Å². The van der Waals surface area contributed by atoms with E-state index in [1.807, 2.05) is 46.1 Å². The third-order valence-corrected chi connectivity index (χ3v) is 5.96. The molecular formula is C26H41N3O4S. The summed E-state index contributed by atoms with van der Waals surface area (Å²) in [7, 11) is 0. The average molecular weight is 492 g/mol. The molecule has 0 heterocycles. The van der Waals surface area contributed by atoms with E-state index in [9.17, 15) is 14.4 Å². The van der Waals surface area contributed by atoms with Crippen molar-refractivity contribution >= 4 is 29.7 Å². The van der Waals surface area contributed by atoms with Crippen LogP contribution in [-0.2, 0) is 14.3 Å². The summed E-state index contributed by atoms with van der Waals surface area (Å²) in [6, 6.07) is 4.35. The maximum Gasteiger partial charge on any atom is 0.408 e. The normalized spacial score (nSPS) is 15.4. The van der Waals surface area contributed by atoms with Crippen molar-refractivity contribution in [3.8, 4) is 0 Å². The second-order valence-electron chi connectivity index (χ2n) is 10.4. The van der Waals surface area contributed by atoms with Gasteiger partial charge in [0.15, 0.2) is 0 Å². The van der Waals surface area contributed by atoms with E-state index in [2.05, 4.69) is 16.7 Å². The van der Waals surface area contributed by atoms with Gasteiger partial charge in [0.05, 0.1) is 0 Å². The molecule has 0 aliphatic heterocycles. The number of aryl methyl sites for hydroxylation is 2. The van der Waals surface area contributed by atoms with Crippen LogP contribution in [0.2, 0.25) is 0 Å². The molecule has 0 spiro atoms. The van der Waals surface area contributed by atoms with Crippen molar-refractivity contribution in [1.29, 1.82) is 0 Å². The highest BCUT2D eigenvalue weighted by Crippen LogP contribution is 2.36. The molecule has 1 aromatic carbocycles. The zero-order valence-corrected chi connectivity index (χ0v) is 22.7. The van der Waals surface area contributed by atoms with Crippen molar-refractivity contribution in [2.45, 2.75) is 97.5 Å². The summed E-state index contributed by atoms with van der Waals surface area (Å²) in [6.07, 6.45) is 3.46. The van der Waals surface area contributed by atoms with Gasteiger partial charge in [-0.2, -0.15) is 11.8 Å². The summed E-state index contributed by atoms with van der Waals surface area (Å²) in [4.78, 5) is 41.7. The first kappa shape index (κ1) is 28.0. The first-order valence-corrected chi connectivity index (χ1v) is 13.4. The number of rotatable bonds is 10. The smallest absolute Gasteiger partial charge is 0.408 e. The Labute approximate surface area is 208 Å². The standard InChI is InChI=1S/C26H41N3O4S/c1-16(2)27-23(30)22(19-14-17(3)13-18(4)15-19)29(20-9-10-20)24(31)21(11-12-34-8)28-25(32)33-26(5,6)7/h13-16,20-22H,9-12H2,1-8H3,(H,27,30)(H,28,32). The van der Waals surface area contributed by atoms with E-state index in [1.54, 1.807) is 37.4 Å². The summed E-state index contributed by atoms with van der Waals surface area (Å²) < 4.78 is 5.42. The summed E-state index contributed by atoms with van der Waals surface area (Å²) in [5, 5.41) is 5.79. The molecule has 0 aromatic heterocycles. The van der Waals surface area contributed by atoms with Crippen LogP contribution in [0.3, 0.4) is 0 Å². The van der Waals surface area contributed by atoms with Crippen LogP contribution in [0.5, 0.6) is 0 Å². The third-order valence-electron chi connectivity index (χ3n) is 5.31. The maximum absolute atomic E-state index is 14.0. The van der Waals surface area contributed by atoms with Crippen molar-refractivity contribution in [3.05, 3.63) is 34.9 Å². The average Bonchev–Trinajstić information content (AvgIpc) is 3.50. The van der Waals surface area contributed by atoms with Crippen molar-refractivity contribution in [3.63, 3.8) is 0 Å². The van der Waals surface area contributed by atoms with Crippen molar-refractivity contribution < 1.29 is 19.1 Å². The molecule has 7 nitrogen and oxygen atoms in total. The first-order valence-electron chi connectivity index (χ1n) is 12.0. The molecule has 2 N–H and O–H groups in total. The van der Waals surface area contributed by atoms with Crippen molar-refractivity contribution in [1.82, 2.24) is 15.5 Å². The quantitative estimate of drug-likeness (QED) is 0.503. The molecule has 1 saturated carbocycles. The predicted octanol–water partition coefficient (Wildman–Crippen LogP) is 4.51. The lowest BCUT2D eigenvalue weighted by atomic mass is 9.98. The van der Waals surface area contributed by atoms with Gasteiger partial charge >= 0.3 is 6.09 Å². The number of hydrogen-bond donors (Lipinski definition) is 2. The zero-order chi connectivity index (χ0) is 25.6. The van der Waals surface area contributed by atoms with E-state index in [0.717, 1.165) is 29.5 Å². The number of alkyl carbamates (subject to hydrolysis) is 1. The van der Waals surface area contributed by atoms with Crippen LogP contribution >= 0.6 is 11.8 Å². The van der Waals surface area contributed by atoms with Gasteiger partial charge in [-0.3, -0.25) is 9.59 Å². The molecule has 2 rings (SSSR count). The number of nitrogens with zero attached hydrogens (tertiary/aromatic N) is 1. The van der Waals surface area contributed by atoms with E-state index in [-0.39, 0.29) is 23.9 Å². The lowest BCUT2D eigenvalue weighted by Crippen LogP contribution is -2.54.